The third-order valence-electron chi connectivity index (χ3n) is 2.53. The fraction of sp³-hybridized carbons (Fsp3) is 0.917. The van der Waals surface area contributed by atoms with E-state index in [4.69, 9.17) is 5.73 Å². The Morgan fingerprint density at radius 2 is 1.73 bits per heavy atom. The molecule has 0 aliphatic heterocycles. The lowest BCUT2D eigenvalue weighted by molar-refractivity contribution is -0.870. The number of rotatable bonds is 7. The molecule has 15 heavy (non-hydrogen) atoms. The van der Waals surface area contributed by atoms with Crippen LogP contribution in [0.2, 0.25) is 0 Å². The largest absolute Gasteiger partial charge is 0.331 e. The summed E-state index contributed by atoms with van der Waals surface area (Å²) in [7, 11) is 6.54. The van der Waals surface area contributed by atoms with Crippen LogP contribution in [-0.4, -0.2) is 44.0 Å². The molecular weight excluding hydrogens is 188 g/mol. The zero-order valence-electron chi connectivity index (χ0n) is 10.9. The number of Topliss-reactive ketones (excluding diaryl/α,β-unsaturated/α-hetero) is 1. The van der Waals surface area contributed by atoms with Gasteiger partial charge in [-0.05, 0) is 19.3 Å². The molecule has 1 atom stereocenters. The highest BCUT2D eigenvalue weighted by Gasteiger charge is 2.16. The van der Waals surface area contributed by atoms with Crippen molar-refractivity contribution in [1.29, 1.82) is 0 Å². The van der Waals surface area contributed by atoms with Crippen LogP contribution in [0.25, 0.3) is 0 Å². The Balaban J connectivity index is 3.65. The molecule has 0 spiro atoms. The average molecular weight is 215 g/mol. The van der Waals surface area contributed by atoms with Crippen molar-refractivity contribution < 1.29 is 9.28 Å². The number of nitrogens with two attached hydrogens (primary N) is 1. The lowest BCUT2D eigenvalue weighted by Gasteiger charge is -2.24. The normalized spacial score (nSPS) is 14.3. The fourth-order valence-corrected chi connectivity index (χ4v) is 1.52. The van der Waals surface area contributed by atoms with E-state index < -0.39 is 0 Å². The van der Waals surface area contributed by atoms with Gasteiger partial charge in [0.25, 0.3) is 0 Å². The molecule has 0 bridgehead atoms. The Morgan fingerprint density at radius 3 is 2.13 bits per heavy atom. The quantitative estimate of drug-likeness (QED) is 0.515. The minimum Gasteiger partial charge on any atom is -0.331 e. The van der Waals surface area contributed by atoms with Crippen LogP contribution in [0.3, 0.4) is 0 Å². The Kier molecular flexibility index (Phi) is 6.06. The SMILES string of the molecule is CC(C)C(=O)C(N)CCCC[N+](C)(C)C. The highest BCUT2D eigenvalue weighted by atomic mass is 16.1. The Morgan fingerprint density at radius 1 is 1.20 bits per heavy atom. The van der Waals surface area contributed by atoms with E-state index >= 15 is 0 Å². The average Bonchev–Trinajstić information content (AvgIpc) is 2.09. The third kappa shape index (κ3) is 7.51. The highest BCUT2D eigenvalue weighted by molar-refractivity contribution is 5.85. The first-order valence-corrected chi connectivity index (χ1v) is 5.84. The first kappa shape index (κ1) is 14.6. The molecule has 90 valence electrons. The van der Waals surface area contributed by atoms with Crippen molar-refractivity contribution in [2.75, 3.05) is 27.7 Å². The minimum atomic E-state index is -0.252. The monoisotopic (exact) mass is 215 g/mol. The van der Waals surface area contributed by atoms with Crippen LogP contribution in [0.1, 0.15) is 33.1 Å². The molecule has 0 aliphatic carbocycles. The van der Waals surface area contributed by atoms with Crippen molar-refractivity contribution in [2.45, 2.75) is 39.2 Å². The van der Waals surface area contributed by atoms with Gasteiger partial charge in [0, 0.05) is 5.92 Å². The van der Waals surface area contributed by atoms with Gasteiger partial charge in [-0.15, -0.1) is 0 Å². The van der Waals surface area contributed by atoms with Gasteiger partial charge < -0.3 is 10.2 Å². The van der Waals surface area contributed by atoms with Gasteiger partial charge in [0.1, 0.15) is 0 Å². The van der Waals surface area contributed by atoms with E-state index in [1.165, 1.54) is 0 Å². The van der Waals surface area contributed by atoms with Crippen LogP contribution < -0.4 is 5.73 Å². The molecule has 0 aromatic rings. The smallest absolute Gasteiger partial charge is 0.152 e. The maximum absolute atomic E-state index is 11.5. The first-order chi connectivity index (χ1) is 6.74. The summed E-state index contributed by atoms with van der Waals surface area (Å²) in [4.78, 5) is 11.5. The predicted octanol–water partition coefficient (Wildman–Crippen LogP) is 1.42. The molecule has 1 unspecified atom stereocenters. The van der Waals surface area contributed by atoms with Gasteiger partial charge in [0.05, 0.1) is 33.7 Å². The number of ketones is 1. The third-order valence-corrected chi connectivity index (χ3v) is 2.53. The summed E-state index contributed by atoms with van der Waals surface area (Å²) in [5, 5.41) is 0. The lowest BCUT2D eigenvalue weighted by Crippen LogP contribution is -2.36. The van der Waals surface area contributed by atoms with Crippen LogP contribution in [0.5, 0.6) is 0 Å². The van der Waals surface area contributed by atoms with E-state index in [9.17, 15) is 4.79 Å². The minimum absolute atomic E-state index is 0.0680. The van der Waals surface area contributed by atoms with E-state index in [0.29, 0.717) is 0 Å². The summed E-state index contributed by atoms with van der Waals surface area (Å²) < 4.78 is 0.980. The van der Waals surface area contributed by atoms with Gasteiger partial charge in [0.2, 0.25) is 0 Å². The second-order valence-electron chi connectivity index (χ2n) is 5.67. The second kappa shape index (κ2) is 6.23. The molecule has 3 heteroatoms. The number of carbonyl (C=O) groups excluding carboxylic acids is 1. The van der Waals surface area contributed by atoms with Crippen LogP contribution in [0, 0.1) is 5.92 Å². The zero-order valence-corrected chi connectivity index (χ0v) is 10.9. The molecule has 0 aliphatic rings. The van der Waals surface area contributed by atoms with E-state index in [2.05, 4.69) is 21.1 Å². The highest BCUT2D eigenvalue weighted by Crippen LogP contribution is 2.07. The van der Waals surface area contributed by atoms with Crippen molar-refractivity contribution >= 4 is 5.78 Å². The van der Waals surface area contributed by atoms with Gasteiger partial charge in [-0.1, -0.05) is 13.8 Å². The lowest BCUT2D eigenvalue weighted by atomic mass is 9.98. The molecule has 0 aromatic heterocycles. The standard InChI is InChI=1S/C12H27N2O/c1-10(2)12(15)11(13)8-6-7-9-14(3,4)5/h10-11H,6-9,13H2,1-5H3/q+1. The number of nitrogens with zero attached hydrogens (tertiary/aromatic N) is 1. The van der Waals surface area contributed by atoms with Crippen molar-refractivity contribution in [3.63, 3.8) is 0 Å². The summed E-state index contributed by atoms with van der Waals surface area (Å²) in [5.41, 5.74) is 5.81. The molecule has 0 radical (unpaired) electrons. The van der Waals surface area contributed by atoms with Crippen molar-refractivity contribution in [2.24, 2.45) is 11.7 Å². The molecule has 0 heterocycles. The van der Waals surface area contributed by atoms with E-state index in [-0.39, 0.29) is 17.7 Å². The van der Waals surface area contributed by atoms with Gasteiger partial charge in [-0.2, -0.15) is 0 Å². The van der Waals surface area contributed by atoms with Gasteiger partial charge >= 0.3 is 0 Å². The van der Waals surface area contributed by atoms with Crippen LogP contribution in [0.4, 0.5) is 0 Å². The van der Waals surface area contributed by atoms with E-state index in [0.717, 1.165) is 30.3 Å². The second-order valence-corrected chi connectivity index (χ2v) is 5.67. The van der Waals surface area contributed by atoms with Crippen molar-refractivity contribution in [3.8, 4) is 0 Å². The Bertz CT molecular complexity index is 194. The number of hydrogen-bond acceptors (Lipinski definition) is 2. The molecule has 0 amide bonds. The van der Waals surface area contributed by atoms with E-state index in [1.807, 2.05) is 13.8 Å². The molecule has 0 fully saturated rings. The van der Waals surface area contributed by atoms with Crippen molar-refractivity contribution in [3.05, 3.63) is 0 Å². The maximum Gasteiger partial charge on any atom is 0.152 e. The summed E-state index contributed by atoms with van der Waals surface area (Å²) in [6, 6.07) is -0.252. The molecule has 0 saturated heterocycles. The van der Waals surface area contributed by atoms with Crippen LogP contribution in [0.15, 0.2) is 0 Å². The molecule has 0 saturated carbocycles. The summed E-state index contributed by atoms with van der Waals surface area (Å²) in [6.07, 6.45) is 3.02. The van der Waals surface area contributed by atoms with Gasteiger partial charge in [-0.25, -0.2) is 0 Å². The molecule has 0 rings (SSSR count). The topological polar surface area (TPSA) is 43.1 Å². The van der Waals surface area contributed by atoms with Crippen LogP contribution in [-0.2, 0) is 4.79 Å². The molecule has 3 nitrogen and oxygen atoms in total. The van der Waals surface area contributed by atoms with Crippen molar-refractivity contribution in [1.82, 2.24) is 0 Å². The summed E-state index contributed by atoms with van der Waals surface area (Å²) in [6.45, 7) is 4.96. The number of unbranched alkanes of at least 4 members (excludes halogenated alkanes) is 1. The zero-order chi connectivity index (χ0) is 12.1. The predicted molar refractivity (Wildman–Crippen MR) is 64.6 cm³/mol. The maximum atomic E-state index is 11.5. The van der Waals surface area contributed by atoms with Gasteiger partial charge in [-0.3, -0.25) is 4.79 Å². The molecular formula is C12H27N2O+. The Labute approximate surface area is 94.2 Å². The van der Waals surface area contributed by atoms with Gasteiger partial charge in [0.15, 0.2) is 5.78 Å². The first-order valence-electron chi connectivity index (χ1n) is 5.84. The van der Waals surface area contributed by atoms with E-state index in [1.54, 1.807) is 0 Å². The molecule has 0 aromatic carbocycles. The number of hydrogen-bond donors (Lipinski definition) is 1. The summed E-state index contributed by atoms with van der Waals surface area (Å²) >= 11 is 0. The fourth-order valence-electron chi connectivity index (χ4n) is 1.52. The molecule has 2 N–H and O–H groups in total. The number of quaternary nitrogens is 1. The Hall–Kier alpha value is -0.410. The number of carbonyl (C=O) groups is 1. The summed E-state index contributed by atoms with van der Waals surface area (Å²) in [5.74, 6) is 0.263. The van der Waals surface area contributed by atoms with Crippen LogP contribution >= 0.6 is 0 Å².